The van der Waals surface area contributed by atoms with Crippen LogP contribution in [0.2, 0.25) is 0 Å². The minimum absolute atomic E-state index is 0.0948. The van der Waals surface area contributed by atoms with Gasteiger partial charge in [-0.25, -0.2) is 18.2 Å². The minimum Gasteiger partial charge on any atom is -0.383 e. The maximum Gasteiger partial charge on any atom is 0.207 e. The smallest absolute Gasteiger partial charge is 0.207 e. The molecule has 108 valence electrons. The number of hydrogen-bond donors (Lipinski definition) is 1. The van der Waals surface area contributed by atoms with E-state index in [1.165, 1.54) is 17.0 Å². The van der Waals surface area contributed by atoms with Gasteiger partial charge in [0.2, 0.25) is 5.95 Å². The summed E-state index contributed by atoms with van der Waals surface area (Å²) in [6.45, 7) is 2.25. The molecule has 0 amide bonds. The van der Waals surface area contributed by atoms with Crippen molar-refractivity contribution in [3.8, 4) is 5.69 Å². The fraction of sp³-hybridized carbons (Fsp3) is 0.308. The molecule has 1 aromatic carbocycles. The first-order chi connectivity index (χ1) is 9.52. The van der Waals surface area contributed by atoms with Gasteiger partial charge in [-0.3, -0.25) is 4.57 Å². The highest BCUT2D eigenvalue weighted by Crippen LogP contribution is 2.22. The number of anilines is 1. The Kier molecular flexibility index (Phi) is 4.29. The van der Waals surface area contributed by atoms with Crippen molar-refractivity contribution in [2.45, 2.75) is 13.0 Å². The second kappa shape index (κ2) is 5.96. The molecule has 1 N–H and O–H groups in total. The first-order valence-corrected chi connectivity index (χ1v) is 5.96. The average Bonchev–Trinajstić information content (AvgIpc) is 2.82. The van der Waals surface area contributed by atoms with Crippen molar-refractivity contribution >= 4 is 5.95 Å². The maximum absolute atomic E-state index is 13.8. The van der Waals surface area contributed by atoms with E-state index in [0.29, 0.717) is 12.7 Å². The molecule has 1 heterocycles. The number of imidazole rings is 1. The zero-order valence-electron chi connectivity index (χ0n) is 11.0. The summed E-state index contributed by atoms with van der Waals surface area (Å²) in [6.07, 6.45) is 2.82. The quantitative estimate of drug-likeness (QED) is 0.859. The predicted molar refractivity (Wildman–Crippen MR) is 68.4 cm³/mol. The Hall–Kier alpha value is -2.02. The van der Waals surface area contributed by atoms with Gasteiger partial charge in [0.1, 0.15) is 5.82 Å². The molecule has 0 aliphatic heterocycles. The Bertz CT molecular complexity index is 601. The fourth-order valence-electron chi connectivity index (χ4n) is 1.83. The molecule has 0 saturated carbocycles. The van der Waals surface area contributed by atoms with Gasteiger partial charge in [0, 0.05) is 37.7 Å². The van der Waals surface area contributed by atoms with Gasteiger partial charge in [0.25, 0.3) is 0 Å². The number of hydrogen-bond acceptors (Lipinski definition) is 3. The molecule has 4 nitrogen and oxygen atoms in total. The van der Waals surface area contributed by atoms with Crippen molar-refractivity contribution in [2.24, 2.45) is 0 Å². The molecule has 1 aromatic heterocycles. The number of aromatic nitrogens is 2. The van der Waals surface area contributed by atoms with Gasteiger partial charge < -0.3 is 10.1 Å². The van der Waals surface area contributed by atoms with Crippen LogP contribution in [0.25, 0.3) is 5.69 Å². The normalized spacial score (nSPS) is 12.4. The van der Waals surface area contributed by atoms with Gasteiger partial charge >= 0.3 is 0 Å². The summed E-state index contributed by atoms with van der Waals surface area (Å²) in [5.74, 6) is -2.96. The Morgan fingerprint density at radius 2 is 2.10 bits per heavy atom. The van der Waals surface area contributed by atoms with E-state index in [-0.39, 0.29) is 17.7 Å². The summed E-state index contributed by atoms with van der Waals surface area (Å²) < 4.78 is 46.5. The summed E-state index contributed by atoms with van der Waals surface area (Å²) in [4.78, 5) is 4.00. The van der Waals surface area contributed by atoms with Crippen LogP contribution in [0.15, 0.2) is 24.5 Å². The molecule has 0 aliphatic carbocycles. The van der Waals surface area contributed by atoms with E-state index < -0.39 is 17.5 Å². The predicted octanol–water partition coefficient (Wildman–Crippen LogP) is 2.74. The topological polar surface area (TPSA) is 39.1 Å². The van der Waals surface area contributed by atoms with E-state index in [2.05, 4.69) is 10.3 Å². The van der Waals surface area contributed by atoms with E-state index in [0.717, 1.165) is 6.07 Å². The molecular weight excluding hydrogens is 271 g/mol. The lowest BCUT2D eigenvalue weighted by Gasteiger charge is -2.15. The fourth-order valence-corrected chi connectivity index (χ4v) is 1.83. The van der Waals surface area contributed by atoms with Crippen molar-refractivity contribution < 1.29 is 17.9 Å². The molecule has 0 aliphatic rings. The Morgan fingerprint density at radius 1 is 1.35 bits per heavy atom. The zero-order valence-corrected chi connectivity index (χ0v) is 11.0. The van der Waals surface area contributed by atoms with Crippen molar-refractivity contribution in [1.82, 2.24) is 9.55 Å². The molecule has 0 radical (unpaired) electrons. The summed E-state index contributed by atoms with van der Waals surface area (Å²) in [7, 11) is 1.55. The molecule has 2 aromatic rings. The molecule has 1 atom stereocenters. The van der Waals surface area contributed by atoms with Crippen LogP contribution in [0, 0.1) is 17.5 Å². The molecule has 0 bridgehead atoms. The van der Waals surface area contributed by atoms with Gasteiger partial charge in [-0.05, 0) is 6.92 Å². The Morgan fingerprint density at radius 3 is 2.80 bits per heavy atom. The van der Waals surface area contributed by atoms with Crippen LogP contribution in [0.4, 0.5) is 19.1 Å². The Labute approximate surface area is 114 Å². The molecule has 1 unspecified atom stereocenters. The molecule has 0 fully saturated rings. The number of benzene rings is 1. The monoisotopic (exact) mass is 285 g/mol. The lowest BCUT2D eigenvalue weighted by Crippen LogP contribution is -2.23. The highest BCUT2D eigenvalue weighted by atomic mass is 19.2. The van der Waals surface area contributed by atoms with Crippen molar-refractivity contribution in [3.05, 3.63) is 42.0 Å². The maximum atomic E-state index is 13.8. The molecule has 2 rings (SSSR count). The average molecular weight is 285 g/mol. The highest BCUT2D eigenvalue weighted by molar-refractivity contribution is 5.43. The van der Waals surface area contributed by atoms with E-state index in [1.54, 1.807) is 7.11 Å². The second-order valence-electron chi connectivity index (χ2n) is 4.34. The third-order valence-corrected chi connectivity index (χ3v) is 2.67. The summed E-state index contributed by atoms with van der Waals surface area (Å²) >= 11 is 0. The van der Waals surface area contributed by atoms with Crippen molar-refractivity contribution in [3.63, 3.8) is 0 Å². The molecular formula is C13H14F3N3O. The first-order valence-electron chi connectivity index (χ1n) is 5.96. The number of nitrogens with zero attached hydrogens (tertiary/aromatic N) is 2. The van der Waals surface area contributed by atoms with E-state index in [4.69, 9.17) is 4.74 Å². The first kappa shape index (κ1) is 14.4. The van der Waals surface area contributed by atoms with Gasteiger partial charge in [-0.1, -0.05) is 0 Å². The summed E-state index contributed by atoms with van der Waals surface area (Å²) in [5.41, 5.74) is -0.243. The van der Waals surface area contributed by atoms with Crippen LogP contribution in [0.1, 0.15) is 6.92 Å². The van der Waals surface area contributed by atoms with Crippen LogP contribution < -0.4 is 5.32 Å². The van der Waals surface area contributed by atoms with E-state index in [1.807, 2.05) is 6.92 Å². The van der Waals surface area contributed by atoms with Crippen LogP contribution >= 0.6 is 0 Å². The number of halogens is 3. The second-order valence-corrected chi connectivity index (χ2v) is 4.34. The zero-order chi connectivity index (χ0) is 14.7. The van der Waals surface area contributed by atoms with Gasteiger partial charge in [0.15, 0.2) is 11.6 Å². The number of rotatable bonds is 5. The van der Waals surface area contributed by atoms with Crippen LogP contribution in [-0.2, 0) is 4.74 Å². The largest absolute Gasteiger partial charge is 0.383 e. The number of nitrogens with one attached hydrogen (secondary N) is 1. The molecule has 0 spiro atoms. The van der Waals surface area contributed by atoms with Crippen LogP contribution in [-0.4, -0.2) is 29.3 Å². The standard InChI is InChI=1S/C13H14F3N3O/c1-8(7-20-2)18-13-17-3-4-19(13)11-6-9(14)5-10(15)12(11)16/h3-6,8H,7H2,1-2H3,(H,17,18). The van der Waals surface area contributed by atoms with Gasteiger partial charge in [-0.2, -0.15) is 0 Å². The van der Waals surface area contributed by atoms with Crippen molar-refractivity contribution in [2.75, 3.05) is 19.0 Å². The third-order valence-electron chi connectivity index (χ3n) is 2.67. The van der Waals surface area contributed by atoms with Crippen molar-refractivity contribution in [1.29, 1.82) is 0 Å². The third kappa shape index (κ3) is 2.93. The number of methoxy groups -OCH3 is 1. The molecule has 20 heavy (non-hydrogen) atoms. The van der Waals surface area contributed by atoms with Gasteiger partial charge in [-0.15, -0.1) is 0 Å². The lowest BCUT2D eigenvalue weighted by molar-refractivity contribution is 0.190. The minimum atomic E-state index is -1.25. The number of ether oxygens (including phenoxy) is 1. The van der Waals surface area contributed by atoms with Gasteiger partial charge in [0.05, 0.1) is 12.3 Å². The lowest BCUT2D eigenvalue weighted by atomic mass is 10.2. The summed E-state index contributed by atoms with van der Waals surface area (Å²) in [5, 5.41) is 2.97. The SMILES string of the molecule is COCC(C)Nc1nccn1-c1cc(F)cc(F)c1F. The molecule has 0 saturated heterocycles. The van der Waals surface area contributed by atoms with Crippen LogP contribution in [0.5, 0.6) is 0 Å². The molecule has 7 heteroatoms. The van der Waals surface area contributed by atoms with E-state index >= 15 is 0 Å². The van der Waals surface area contributed by atoms with Crippen LogP contribution in [0.3, 0.4) is 0 Å². The summed E-state index contributed by atoms with van der Waals surface area (Å²) in [6, 6.07) is 1.31. The van der Waals surface area contributed by atoms with E-state index in [9.17, 15) is 13.2 Å². The Balaban J connectivity index is 2.37. The highest BCUT2D eigenvalue weighted by Gasteiger charge is 2.16.